The highest BCUT2D eigenvalue weighted by Crippen LogP contribution is 2.19. The van der Waals surface area contributed by atoms with Crippen molar-refractivity contribution in [3.05, 3.63) is 16.1 Å². The zero-order valence-corrected chi connectivity index (χ0v) is 13.4. The molecule has 106 valence electrons. The molecule has 5 heteroatoms. The van der Waals surface area contributed by atoms with Crippen LogP contribution in [0.4, 0.5) is 0 Å². The summed E-state index contributed by atoms with van der Waals surface area (Å²) in [6, 6.07) is 0.437. The number of piperidine rings is 1. The van der Waals surface area contributed by atoms with E-state index in [2.05, 4.69) is 22.2 Å². The minimum atomic E-state index is 0.328. The summed E-state index contributed by atoms with van der Waals surface area (Å²) < 4.78 is 0. The van der Waals surface area contributed by atoms with E-state index in [-0.39, 0.29) is 0 Å². The highest BCUT2D eigenvalue weighted by molar-refractivity contribution is 7.98. The molecule has 1 amide bonds. The molecule has 1 atom stereocenters. The third-order valence-electron chi connectivity index (χ3n) is 3.50. The molecule has 0 bridgehead atoms. The van der Waals surface area contributed by atoms with Crippen LogP contribution < -0.4 is 0 Å². The first-order valence-electron chi connectivity index (χ1n) is 6.95. The number of likely N-dealkylation sites (tertiary alicyclic amines) is 1. The van der Waals surface area contributed by atoms with Crippen LogP contribution in [-0.4, -0.2) is 34.1 Å². The molecular weight excluding hydrogens is 276 g/mol. The molecule has 0 unspecified atom stereocenters. The molecule has 0 saturated carbocycles. The van der Waals surface area contributed by atoms with E-state index in [1.165, 1.54) is 12.8 Å². The molecule has 2 heterocycles. The van der Waals surface area contributed by atoms with E-state index in [1.54, 1.807) is 11.3 Å². The summed E-state index contributed by atoms with van der Waals surface area (Å²) in [5, 5.41) is 3.23. The summed E-state index contributed by atoms with van der Waals surface area (Å²) in [6.07, 6.45) is 4.26. The third kappa shape index (κ3) is 4.49. The molecule has 1 saturated heterocycles. The smallest absolute Gasteiger partial charge is 0.223 e. The summed E-state index contributed by atoms with van der Waals surface area (Å²) in [7, 11) is 0. The summed E-state index contributed by atoms with van der Waals surface area (Å²) in [4.78, 5) is 18.6. The van der Waals surface area contributed by atoms with Crippen molar-refractivity contribution in [2.24, 2.45) is 0 Å². The van der Waals surface area contributed by atoms with Gasteiger partial charge in [0, 0.05) is 35.9 Å². The van der Waals surface area contributed by atoms with Gasteiger partial charge in [-0.2, -0.15) is 11.8 Å². The van der Waals surface area contributed by atoms with E-state index in [1.807, 2.05) is 18.7 Å². The van der Waals surface area contributed by atoms with Gasteiger partial charge in [0.1, 0.15) is 0 Å². The van der Waals surface area contributed by atoms with E-state index in [4.69, 9.17) is 0 Å². The maximum Gasteiger partial charge on any atom is 0.223 e. The Morgan fingerprint density at radius 2 is 2.42 bits per heavy atom. The lowest BCUT2D eigenvalue weighted by Gasteiger charge is -2.33. The van der Waals surface area contributed by atoms with Crippen LogP contribution in [-0.2, 0) is 10.5 Å². The molecule has 1 aromatic rings. The number of hydrogen-bond donors (Lipinski definition) is 0. The number of nitrogens with zero attached hydrogens (tertiary/aromatic N) is 2. The average Bonchev–Trinajstić information content (AvgIpc) is 2.81. The Bertz CT molecular complexity index is 419. The van der Waals surface area contributed by atoms with Crippen LogP contribution in [0.3, 0.4) is 0 Å². The number of amides is 1. The normalized spacial score (nSPS) is 19.7. The van der Waals surface area contributed by atoms with Gasteiger partial charge in [0.25, 0.3) is 0 Å². The van der Waals surface area contributed by atoms with E-state index < -0.39 is 0 Å². The van der Waals surface area contributed by atoms with Crippen molar-refractivity contribution in [3.8, 4) is 0 Å². The standard InChI is InChI=1S/C14H22N2OS2/c1-11-5-3-4-7-16(11)14(17)6-8-18-9-13-10-19-12(2)15-13/h10-11H,3-9H2,1-2H3/t11-/m1/s1. The van der Waals surface area contributed by atoms with Gasteiger partial charge in [-0.05, 0) is 33.1 Å². The minimum Gasteiger partial charge on any atom is -0.340 e. The number of carbonyl (C=O) groups is 1. The van der Waals surface area contributed by atoms with Crippen molar-refractivity contribution in [3.63, 3.8) is 0 Å². The third-order valence-corrected chi connectivity index (χ3v) is 5.32. The fourth-order valence-electron chi connectivity index (χ4n) is 2.42. The highest BCUT2D eigenvalue weighted by Gasteiger charge is 2.22. The van der Waals surface area contributed by atoms with Crippen LogP contribution in [0, 0.1) is 6.92 Å². The molecular formula is C14H22N2OS2. The summed E-state index contributed by atoms with van der Waals surface area (Å²) >= 11 is 3.50. The molecule has 1 aliphatic heterocycles. The number of rotatable bonds is 5. The van der Waals surface area contributed by atoms with Crippen LogP contribution in [0.2, 0.25) is 0 Å². The Morgan fingerprint density at radius 3 is 3.11 bits per heavy atom. The number of carbonyl (C=O) groups excluding carboxylic acids is 1. The van der Waals surface area contributed by atoms with E-state index >= 15 is 0 Å². The maximum absolute atomic E-state index is 12.1. The lowest BCUT2D eigenvalue weighted by molar-refractivity contribution is -0.133. The number of thioether (sulfide) groups is 1. The molecule has 19 heavy (non-hydrogen) atoms. The first kappa shape index (κ1) is 14.9. The number of aryl methyl sites for hydroxylation is 1. The Labute approximate surface area is 123 Å². The van der Waals surface area contributed by atoms with Gasteiger partial charge in [0.05, 0.1) is 10.7 Å². The van der Waals surface area contributed by atoms with Gasteiger partial charge in [-0.15, -0.1) is 11.3 Å². The van der Waals surface area contributed by atoms with Gasteiger partial charge in [-0.1, -0.05) is 0 Å². The number of aromatic nitrogens is 1. The van der Waals surface area contributed by atoms with Gasteiger partial charge in [-0.25, -0.2) is 4.98 Å². The number of thiazole rings is 1. The summed E-state index contributed by atoms with van der Waals surface area (Å²) in [5.41, 5.74) is 1.14. The lowest BCUT2D eigenvalue weighted by atomic mass is 10.0. The monoisotopic (exact) mass is 298 g/mol. The van der Waals surface area contributed by atoms with Crippen molar-refractivity contribution in [1.29, 1.82) is 0 Å². The molecule has 0 aliphatic carbocycles. The second-order valence-corrected chi connectivity index (χ2v) is 7.26. The molecule has 0 spiro atoms. The van der Waals surface area contributed by atoms with E-state index in [0.717, 1.165) is 35.2 Å². The molecule has 1 aromatic heterocycles. The molecule has 0 N–H and O–H groups in total. The van der Waals surface area contributed by atoms with Crippen LogP contribution in [0.5, 0.6) is 0 Å². The van der Waals surface area contributed by atoms with Gasteiger partial charge in [0.2, 0.25) is 5.91 Å². The predicted octanol–water partition coefficient (Wildman–Crippen LogP) is 3.48. The topological polar surface area (TPSA) is 33.2 Å². The zero-order valence-electron chi connectivity index (χ0n) is 11.7. The predicted molar refractivity (Wildman–Crippen MR) is 82.7 cm³/mol. The minimum absolute atomic E-state index is 0.328. The lowest BCUT2D eigenvalue weighted by Crippen LogP contribution is -2.42. The maximum atomic E-state index is 12.1. The van der Waals surface area contributed by atoms with Crippen LogP contribution >= 0.6 is 23.1 Å². The van der Waals surface area contributed by atoms with Crippen LogP contribution in [0.1, 0.15) is 43.3 Å². The Kier molecular flexibility index (Phi) is 5.70. The molecule has 3 nitrogen and oxygen atoms in total. The first-order chi connectivity index (χ1) is 9.16. The second-order valence-electron chi connectivity index (χ2n) is 5.09. The fourth-order valence-corrected chi connectivity index (χ4v) is 3.96. The molecule has 2 rings (SSSR count). The quantitative estimate of drug-likeness (QED) is 0.780. The molecule has 0 radical (unpaired) electrons. The second kappa shape index (κ2) is 7.29. The van der Waals surface area contributed by atoms with Gasteiger partial charge < -0.3 is 4.90 Å². The van der Waals surface area contributed by atoms with E-state index in [0.29, 0.717) is 18.4 Å². The summed E-state index contributed by atoms with van der Waals surface area (Å²) in [6.45, 7) is 5.15. The van der Waals surface area contributed by atoms with Crippen LogP contribution in [0.15, 0.2) is 5.38 Å². The molecule has 1 fully saturated rings. The zero-order chi connectivity index (χ0) is 13.7. The number of hydrogen-bond acceptors (Lipinski definition) is 4. The molecule has 0 aromatic carbocycles. The Morgan fingerprint density at radius 1 is 1.58 bits per heavy atom. The largest absolute Gasteiger partial charge is 0.340 e. The summed E-state index contributed by atoms with van der Waals surface area (Å²) in [5.74, 6) is 2.15. The van der Waals surface area contributed by atoms with Crippen molar-refractivity contribution >= 4 is 29.0 Å². The van der Waals surface area contributed by atoms with Gasteiger partial charge in [0.15, 0.2) is 0 Å². The Balaban J connectivity index is 1.66. The van der Waals surface area contributed by atoms with Crippen LogP contribution in [0.25, 0.3) is 0 Å². The van der Waals surface area contributed by atoms with Crippen molar-refractivity contribution in [2.45, 2.75) is 51.3 Å². The van der Waals surface area contributed by atoms with Crippen molar-refractivity contribution in [2.75, 3.05) is 12.3 Å². The molecule has 1 aliphatic rings. The first-order valence-corrected chi connectivity index (χ1v) is 8.98. The SMILES string of the molecule is Cc1nc(CSCCC(=O)N2CCCC[C@H]2C)cs1. The van der Waals surface area contributed by atoms with Gasteiger partial charge in [-0.3, -0.25) is 4.79 Å². The van der Waals surface area contributed by atoms with E-state index in [9.17, 15) is 4.79 Å². The highest BCUT2D eigenvalue weighted by atomic mass is 32.2. The Hall–Kier alpha value is -0.550. The van der Waals surface area contributed by atoms with Crippen molar-refractivity contribution < 1.29 is 4.79 Å². The average molecular weight is 298 g/mol. The van der Waals surface area contributed by atoms with Crippen molar-refractivity contribution in [1.82, 2.24) is 9.88 Å². The van der Waals surface area contributed by atoms with Gasteiger partial charge >= 0.3 is 0 Å². The fraction of sp³-hybridized carbons (Fsp3) is 0.714.